The number of hydrogen-bond donors (Lipinski definition) is 1. The predicted octanol–water partition coefficient (Wildman–Crippen LogP) is 0.0852. The lowest BCUT2D eigenvalue weighted by atomic mass is 10.1. The Balaban J connectivity index is 1.76. The Morgan fingerprint density at radius 1 is 1.32 bits per heavy atom. The fraction of sp³-hybridized carbons (Fsp3) is 0.786. The molecule has 0 aromatic heterocycles. The summed E-state index contributed by atoms with van der Waals surface area (Å²) >= 11 is 0. The predicted molar refractivity (Wildman–Crippen MR) is 75.1 cm³/mol. The zero-order chi connectivity index (χ0) is 13.7. The maximum absolute atomic E-state index is 11.8. The highest BCUT2D eigenvalue weighted by atomic mass is 16.5. The number of amides is 1. The zero-order valence-electron chi connectivity index (χ0n) is 12.0. The molecule has 2 fully saturated rings. The van der Waals surface area contributed by atoms with E-state index in [1.54, 1.807) is 0 Å². The topological polar surface area (TPSA) is 44.8 Å². The van der Waals surface area contributed by atoms with Crippen molar-refractivity contribution in [2.45, 2.75) is 19.9 Å². The monoisotopic (exact) mass is 267 g/mol. The van der Waals surface area contributed by atoms with Gasteiger partial charge in [-0.15, -0.1) is 0 Å². The number of allylic oxidation sites excluding steroid dienone is 1. The number of piperazine rings is 1. The van der Waals surface area contributed by atoms with Crippen LogP contribution in [0.15, 0.2) is 11.6 Å². The molecule has 1 amide bonds. The van der Waals surface area contributed by atoms with Crippen LogP contribution in [0.2, 0.25) is 0 Å². The summed E-state index contributed by atoms with van der Waals surface area (Å²) in [6.07, 6.45) is 1.93. The van der Waals surface area contributed by atoms with E-state index in [2.05, 4.69) is 15.1 Å². The van der Waals surface area contributed by atoms with Gasteiger partial charge in [-0.1, -0.05) is 6.08 Å². The third kappa shape index (κ3) is 3.78. The molecule has 0 atom stereocenters. The van der Waals surface area contributed by atoms with Gasteiger partial charge < -0.3 is 10.1 Å². The fourth-order valence-electron chi connectivity index (χ4n) is 2.53. The van der Waals surface area contributed by atoms with E-state index in [9.17, 15) is 4.79 Å². The lowest BCUT2D eigenvalue weighted by molar-refractivity contribution is -0.117. The Morgan fingerprint density at radius 2 is 2.00 bits per heavy atom. The number of hydrogen-bond acceptors (Lipinski definition) is 4. The number of carbonyl (C=O) groups is 1. The fourth-order valence-corrected chi connectivity index (χ4v) is 2.53. The van der Waals surface area contributed by atoms with Crippen LogP contribution >= 0.6 is 0 Å². The van der Waals surface area contributed by atoms with Crippen LogP contribution in [0.5, 0.6) is 0 Å². The van der Waals surface area contributed by atoms with E-state index in [0.717, 1.165) is 51.5 Å². The van der Waals surface area contributed by atoms with Crippen molar-refractivity contribution in [3.8, 4) is 0 Å². The van der Waals surface area contributed by atoms with Crippen molar-refractivity contribution in [3.63, 3.8) is 0 Å². The van der Waals surface area contributed by atoms with Crippen molar-refractivity contribution in [1.82, 2.24) is 15.1 Å². The summed E-state index contributed by atoms with van der Waals surface area (Å²) in [5, 5.41) is 2.87. The molecule has 0 spiro atoms. The van der Waals surface area contributed by atoms with Crippen LogP contribution in [0, 0.1) is 0 Å². The molecule has 2 rings (SSSR count). The van der Waals surface area contributed by atoms with Crippen LogP contribution in [0.4, 0.5) is 0 Å². The molecule has 108 valence electrons. The first-order valence-electron chi connectivity index (χ1n) is 7.22. The van der Waals surface area contributed by atoms with E-state index in [1.807, 2.05) is 19.9 Å². The number of rotatable bonds is 5. The molecule has 0 bridgehead atoms. The second-order valence-corrected chi connectivity index (χ2v) is 5.18. The van der Waals surface area contributed by atoms with Crippen LogP contribution in [0.1, 0.15) is 13.8 Å². The Hall–Kier alpha value is -0.910. The highest BCUT2D eigenvalue weighted by Crippen LogP contribution is 2.14. The van der Waals surface area contributed by atoms with Gasteiger partial charge in [0, 0.05) is 44.8 Å². The van der Waals surface area contributed by atoms with E-state index >= 15 is 0 Å². The van der Waals surface area contributed by atoms with Crippen LogP contribution in [0.25, 0.3) is 0 Å². The van der Waals surface area contributed by atoms with Gasteiger partial charge in [-0.2, -0.15) is 0 Å². The minimum atomic E-state index is 0.0693. The molecule has 1 N–H and O–H groups in total. The van der Waals surface area contributed by atoms with Crippen molar-refractivity contribution in [2.24, 2.45) is 0 Å². The van der Waals surface area contributed by atoms with Gasteiger partial charge in [-0.05, 0) is 13.8 Å². The van der Waals surface area contributed by atoms with Gasteiger partial charge in [-0.3, -0.25) is 14.6 Å². The van der Waals surface area contributed by atoms with Crippen LogP contribution < -0.4 is 5.32 Å². The number of ether oxygens (including phenoxy) is 1. The van der Waals surface area contributed by atoms with E-state index in [4.69, 9.17) is 4.74 Å². The highest BCUT2D eigenvalue weighted by molar-refractivity contribution is 5.93. The molecule has 2 heterocycles. The second kappa shape index (κ2) is 7.03. The molecule has 19 heavy (non-hydrogen) atoms. The van der Waals surface area contributed by atoms with Gasteiger partial charge in [0.15, 0.2) is 0 Å². The van der Waals surface area contributed by atoms with E-state index in [1.165, 1.54) is 0 Å². The quantitative estimate of drug-likeness (QED) is 0.717. The van der Waals surface area contributed by atoms with Crippen molar-refractivity contribution < 1.29 is 9.53 Å². The Bertz CT molecular complexity index is 332. The van der Waals surface area contributed by atoms with E-state index < -0.39 is 0 Å². The van der Waals surface area contributed by atoms with Gasteiger partial charge in [0.1, 0.15) is 0 Å². The molecule has 2 aliphatic rings. The molecule has 2 saturated heterocycles. The molecule has 0 radical (unpaired) electrons. The second-order valence-electron chi connectivity index (χ2n) is 5.18. The molecule has 0 aromatic rings. The van der Waals surface area contributed by atoms with Crippen LogP contribution in [-0.2, 0) is 9.53 Å². The maximum Gasteiger partial charge on any atom is 0.248 e. The molecule has 0 aromatic carbocycles. The van der Waals surface area contributed by atoms with Crippen molar-refractivity contribution in [1.29, 1.82) is 0 Å². The zero-order valence-corrected chi connectivity index (χ0v) is 12.0. The van der Waals surface area contributed by atoms with Crippen LogP contribution in [-0.4, -0.2) is 74.2 Å². The van der Waals surface area contributed by atoms with Gasteiger partial charge in [-0.25, -0.2) is 0 Å². The first-order valence-corrected chi connectivity index (χ1v) is 7.22. The number of nitrogens with zero attached hydrogens (tertiary/aromatic N) is 2. The number of carbonyl (C=O) groups excluding carboxylic acids is 1. The Labute approximate surface area is 115 Å². The third-order valence-corrected chi connectivity index (χ3v) is 3.92. The lowest BCUT2D eigenvalue weighted by Crippen LogP contribution is -2.56. The van der Waals surface area contributed by atoms with Gasteiger partial charge in [0.2, 0.25) is 5.91 Å². The summed E-state index contributed by atoms with van der Waals surface area (Å²) in [4.78, 5) is 16.7. The molecule has 0 aliphatic carbocycles. The van der Waals surface area contributed by atoms with E-state index in [0.29, 0.717) is 12.6 Å². The van der Waals surface area contributed by atoms with Crippen molar-refractivity contribution >= 4 is 5.91 Å². The molecule has 5 nitrogen and oxygen atoms in total. The first-order chi connectivity index (χ1) is 9.24. The summed E-state index contributed by atoms with van der Waals surface area (Å²) < 4.78 is 5.24. The average Bonchev–Trinajstić information content (AvgIpc) is 2.36. The Morgan fingerprint density at radius 3 is 2.47 bits per heavy atom. The van der Waals surface area contributed by atoms with Crippen LogP contribution in [0.3, 0.4) is 0 Å². The summed E-state index contributed by atoms with van der Waals surface area (Å²) in [5.74, 6) is 0.0693. The summed E-state index contributed by atoms with van der Waals surface area (Å²) in [7, 11) is 0. The van der Waals surface area contributed by atoms with Crippen molar-refractivity contribution in [2.75, 3.05) is 52.5 Å². The largest absolute Gasteiger partial charge is 0.378 e. The molecular formula is C14H25N3O2. The third-order valence-electron chi connectivity index (χ3n) is 3.92. The minimum absolute atomic E-state index is 0.0693. The molecule has 0 saturated carbocycles. The number of nitrogens with one attached hydrogen (secondary N) is 1. The van der Waals surface area contributed by atoms with Gasteiger partial charge >= 0.3 is 0 Å². The summed E-state index contributed by atoms with van der Waals surface area (Å²) in [5.41, 5.74) is 0.877. The molecule has 2 aliphatic heterocycles. The smallest absolute Gasteiger partial charge is 0.248 e. The van der Waals surface area contributed by atoms with E-state index in [-0.39, 0.29) is 5.91 Å². The minimum Gasteiger partial charge on any atom is -0.378 e. The lowest BCUT2D eigenvalue weighted by Gasteiger charge is -2.42. The molecule has 5 heteroatoms. The normalized spacial score (nSPS) is 23.2. The maximum atomic E-state index is 11.8. The van der Waals surface area contributed by atoms with Gasteiger partial charge in [0.05, 0.1) is 19.3 Å². The van der Waals surface area contributed by atoms with Gasteiger partial charge in [0.25, 0.3) is 0 Å². The summed E-state index contributed by atoms with van der Waals surface area (Å²) in [6.45, 7) is 11.3. The average molecular weight is 267 g/mol. The summed E-state index contributed by atoms with van der Waals surface area (Å²) in [6, 6.07) is 0.631. The van der Waals surface area contributed by atoms with Crippen molar-refractivity contribution in [3.05, 3.63) is 11.6 Å². The molecule has 0 unspecified atom stereocenters. The standard InChI is InChI=1S/C14H25N3O2/c1-3-12(14(18)15-4-2)9-16-5-7-17(8-6-16)13-10-19-11-13/h3,13H,4-11H2,1-2H3,(H,15,18)/b12-3+. The highest BCUT2D eigenvalue weighted by Gasteiger charge is 2.29. The first kappa shape index (κ1) is 14.5. The number of likely N-dealkylation sites (N-methyl/N-ethyl adjacent to an activating group) is 1. The molecular weight excluding hydrogens is 242 g/mol. The SMILES string of the molecule is C/C=C(\CN1CCN(C2COC2)CC1)C(=O)NCC. The Kier molecular flexibility index (Phi) is 5.36.